The second-order valence-electron chi connectivity index (χ2n) is 4.66. The van der Waals surface area contributed by atoms with E-state index in [9.17, 15) is 9.18 Å². The fourth-order valence-corrected chi connectivity index (χ4v) is 2.22. The van der Waals surface area contributed by atoms with E-state index >= 15 is 0 Å². The quantitative estimate of drug-likeness (QED) is 0.843. The fourth-order valence-electron chi connectivity index (χ4n) is 2.22. The van der Waals surface area contributed by atoms with Gasteiger partial charge in [0, 0.05) is 6.54 Å². The number of carbonyl (C=O) groups excluding carboxylic acids is 1. The lowest BCUT2D eigenvalue weighted by molar-refractivity contribution is -0.122. The maximum absolute atomic E-state index is 13.2. The maximum Gasteiger partial charge on any atom is 0.237 e. The molecule has 1 aromatic carbocycles. The van der Waals surface area contributed by atoms with Gasteiger partial charge in [-0.25, -0.2) is 4.39 Å². The summed E-state index contributed by atoms with van der Waals surface area (Å²) in [5, 5.41) is 6.04. The van der Waals surface area contributed by atoms with E-state index in [0.29, 0.717) is 13.0 Å². The number of benzene rings is 1. The Labute approximate surface area is 112 Å². The molecule has 0 unspecified atom stereocenters. The molecule has 0 spiro atoms. The molecule has 1 aliphatic rings. The van der Waals surface area contributed by atoms with Crippen LogP contribution >= 0.6 is 0 Å². The van der Waals surface area contributed by atoms with Gasteiger partial charge in [-0.2, -0.15) is 0 Å². The summed E-state index contributed by atoms with van der Waals surface area (Å²) < 4.78 is 18.1. The van der Waals surface area contributed by atoms with Crippen LogP contribution in [0.4, 0.5) is 4.39 Å². The van der Waals surface area contributed by atoms with Crippen LogP contribution in [0.3, 0.4) is 0 Å². The molecular weight excluding hydrogens is 247 g/mol. The third kappa shape index (κ3) is 3.67. The Morgan fingerprint density at radius 2 is 2.42 bits per heavy atom. The van der Waals surface area contributed by atoms with Crippen LogP contribution in [0.2, 0.25) is 0 Å². The highest BCUT2D eigenvalue weighted by Gasteiger charge is 2.21. The molecule has 2 rings (SSSR count). The second-order valence-corrected chi connectivity index (χ2v) is 4.66. The standard InChI is InChI=1S/C14H19FN2O2/c1-19-13-9-10(4-5-11(13)15)6-8-17-14(18)12-3-2-7-16-12/h4-5,9,12,16H,2-3,6-8H2,1H3,(H,17,18)/t12-/m0/s1. The van der Waals surface area contributed by atoms with Crippen molar-refractivity contribution in [2.75, 3.05) is 20.2 Å². The molecule has 19 heavy (non-hydrogen) atoms. The maximum atomic E-state index is 13.2. The molecule has 1 heterocycles. The lowest BCUT2D eigenvalue weighted by Gasteiger charge is -2.11. The van der Waals surface area contributed by atoms with Crippen molar-refractivity contribution in [3.8, 4) is 5.75 Å². The van der Waals surface area contributed by atoms with Gasteiger partial charge in [0.15, 0.2) is 11.6 Å². The minimum absolute atomic E-state index is 0.0478. The van der Waals surface area contributed by atoms with Crippen molar-refractivity contribution in [1.29, 1.82) is 0 Å². The van der Waals surface area contributed by atoms with E-state index in [1.54, 1.807) is 12.1 Å². The summed E-state index contributed by atoms with van der Waals surface area (Å²) in [6.45, 7) is 1.46. The average Bonchev–Trinajstić information content (AvgIpc) is 2.94. The summed E-state index contributed by atoms with van der Waals surface area (Å²) in [6, 6.07) is 4.70. The number of carbonyl (C=O) groups is 1. The number of hydrogen-bond acceptors (Lipinski definition) is 3. The fraction of sp³-hybridized carbons (Fsp3) is 0.500. The molecule has 1 fully saturated rings. The van der Waals surface area contributed by atoms with Crippen LogP contribution in [0, 0.1) is 5.82 Å². The van der Waals surface area contributed by atoms with Gasteiger partial charge in [-0.05, 0) is 43.5 Å². The number of amides is 1. The van der Waals surface area contributed by atoms with Crippen LogP contribution < -0.4 is 15.4 Å². The van der Waals surface area contributed by atoms with Gasteiger partial charge < -0.3 is 15.4 Å². The van der Waals surface area contributed by atoms with Crippen LogP contribution in [0.25, 0.3) is 0 Å². The van der Waals surface area contributed by atoms with Gasteiger partial charge in [-0.1, -0.05) is 6.07 Å². The molecule has 0 aliphatic carbocycles. The highest BCUT2D eigenvalue weighted by molar-refractivity contribution is 5.81. The van der Waals surface area contributed by atoms with Crippen molar-refractivity contribution < 1.29 is 13.9 Å². The zero-order chi connectivity index (χ0) is 13.7. The van der Waals surface area contributed by atoms with Crippen LogP contribution in [-0.2, 0) is 11.2 Å². The lowest BCUT2D eigenvalue weighted by Crippen LogP contribution is -2.41. The van der Waals surface area contributed by atoms with Gasteiger partial charge in [0.2, 0.25) is 5.91 Å². The first-order valence-corrected chi connectivity index (χ1v) is 6.54. The van der Waals surface area contributed by atoms with Gasteiger partial charge in [-0.15, -0.1) is 0 Å². The number of nitrogens with one attached hydrogen (secondary N) is 2. The van der Waals surface area contributed by atoms with E-state index < -0.39 is 0 Å². The average molecular weight is 266 g/mol. The number of hydrogen-bond donors (Lipinski definition) is 2. The molecule has 0 radical (unpaired) electrons. The van der Waals surface area contributed by atoms with Gasteiger partial charge in [0.25, 0.3) is 0 Å². The van der Waals surface area contributed by atoms with Crippen LogP contribution in [0.15, 0.2) is 18.2 Å². The molecule has 0 aromatic heterocycles. The number of ether oxygens (including phenoxy) is 1. The van der Waals surface area contributed by atoms with Crippen molar-refractivity contribution in [2.45, 2.75) is 25.3 Å². The molecule has 1 aliphatic heterocycles. The Kier molecular flexibility index (Phi) is 4.74. The van der Waals surface area contributed by atoms with Crippen LogP contribution in [0.5, 0.6) is 5.75 Å². The highest BCUT2D eigenvalue weighted by Crippen LogP contribution is 2.18. The molecular formula is C14H19FN2O2. The van der Waals surface area contributed by atoms with Gasteiger partial charge in [0.1, 0.15) is 0 Å². The highest BCUT2D eigenvalue weighted by atomic mass is 19.1. The van der Waals surface area contributed by atoms with Crippen LogP contribution in [-0.4, -0.2) is 32.1 Å². The summed E-state index contributed by atoms with van der Waals surface area (Å²) in [6.07, 6.45) is 2.61. The number of rotatable bonds is 5. The molecule has 104 valence electrons. The minimum atomic E-state index is -0.370. The number of methoxy groups -OCH3 is 1. The van der Waals surface area contributed by atoms with E-state index in [-0.39, 0.29) is 23.5 Å². The monoisotopic (exact) mass is 266 g/mol. The Balaban J connectivity index is 1.80. The first-order valence-electron chi connectivity index (χ1n) is 6.54. The Morgan fingerprint density at radius 3 is 3.11 bits per heavy atom. The molecule has 0 bridgehead atoms. The predicted molar refractivity (Wildman–Crippen MR) is 70.7 cm³/mol. The molecule has 5 heteroatoms. The van der Waals surface area contributed by atoms with E-state index in [0.717, 1.165) is 24.9 Å². The van der Waals surface area contributed by atoms with E-state index in [1.807, 2.05) is 0 Å². The molecule has 0 saturated carbocycles. The van der Waals surface area contributed by atoms with Gasteiger partial charge in [0.05, 0.1) is 13.2 Å². The van der Waals surface area contributed by atoms with Crippen molar-refractivity contribution in [1.82, 2.24) is 10.6 Å². The molecule has 1 aromatic rings. The number of halogens is 1. The first-order chi connectivity index (χ1) is 9.20. The Bertz CT molecular complexity index is 445. The van der Waals surface area contributed by atoms with E-state index in [4.69, 9.17) is 4.74 Å². The normalized spacial score (nSPS) is 18.3. The Hall–Kier alpha value is -1.62. The minimum Gasteiger partial charge on any atom is -0.494 e. The summed E-state index contributed by atoms with van der Waals surface area (Å²) in [4.78, 5) is 11.8. The molecule has 1 amide bonds. The summed E-state index contributed by atoms with van der Waals surface area (Å²) >= 11 is 0. The predicted octanol–water partition coefficient (Wildman–Crippen LogP) is 1.24. The summed E-state index contributed by atoms with van der Waals surface area (Å²) in [5.74, 6) is -0.0849. The summed E-state index contributed by atoms with van der Waals surface area (Å²) in [5.41, 5.74) is 0.943. The zero-order valence-electron chi connectivity index (χ0n) is 11.0. The Morgan fingerprint density at radius 1 is 1.58 bits per heavy atom. The third-order valence-corrected chi connectivity index (χ3v) is 3.31. The van der Waals surface area contributed by atoms with E-state index in [2.05, 4.69) is 10.6 Å². The van der Waals surface area contributed by atoms with Crippen LogP contribution in [0.1, 0.15) is 18.4 Å². The van der Waals surface area contributed by atoms with Crippen molar-refractivity contribution in [3.05, 3.63) is 29.6 Å². The smallest absolute Gasteiger partial charge is 0.237 e. The third-order valence-electron chi connectivity index (χ3n) is 3.31. The zero-order valence-corrected chi connectivity index (χ0v) is 11.0. The molecule has 2 N–H and O–H groups in total. The van der Waals surface area contributed by atoms with E-state index in [1.165, 1.54) is 13.2 Å². The topological polar surface area (TPSA) is 50.4 Å². The lowest BCUT2D eigenvalue weighted by atomic mass is 10.1. The van der Waals surface area contributed by atoms with Gasteiger partial charge >= 0.3 is 0 Å². The second kappa shape index (κ2) is 6.52. The molecule has 4 nitrogen and oxygen atoms in total. The van der Waals surface area contributed by atoms with Crippen molar-refractivity contribution in [2.24, 2.45) is 0 Å². The molecule has 1 saturated heterocycles. The van der Waals surface area contributed by atoms with Crippen molar-refractivity contribution in [3.63, 3.8) is 0 Å². The molecule has 1 atom stereocenters. The first kappa shape index (κ1) is 13.8. The largest absolute Gasteiger partial charge is 0.494 e. The van der Waals surface area contributed by atoms with Crippen molar-refractivity contribution >= 4 is 5.91 Å². The summed E-state index contributed by atoms with van der Waals surface area (Å²) in [7, 11) is 1.44. The van der Waals surface area contributed by atoms with Gasteiger partial charge in [-0.3, -0.25) is 4.79 Å². The SMILES string of the molecule is COc1cc(CCNC(=O)[C@@H]2CCCN2)ccc1F.